The molecule has 5 heteroatoms. The summed E-state index contributed by atoms with van der Waals surface area (Å²) in [6.45, 7) is 2.03. The molecule has 1 atom stereocenters. The highest BCUT2D eigenvalue weighted by Crippen LogP contribution is 2.21. The van der Waals surface area contributed by atoms with E-state index in [1.807, 2.05) is 11.6 Å². The van der Waals surface area contributed by atoms with E-state index in [2.05, 4.69) is 44.8 Å². The second kappa shape index (κ2) is 7.00. The first-order chi connectivity index (χ1) is 10.3. The summed E-state index contributed by atoms with van der Waals surface area (Å²) in [5.74, 6) is 1.05. The lowest BCUT2D eigenvalue weighted by molar-refractivity contribution is 0.218. The van der Waals surface area contributed by atoms with Crippen LogP contribution >= 0.6 is 11.3 Å². The average Bonchev–Trinajstić information content (AvgIpc) is 3.08. The number of aromatic nitrogens is 3. The Bertz CT molecular complexity index is 573. The molecule has 0 bridgehead atoms. The van der Waals surface area contributed by atoms with Gasteiger partial charge in [0.25, 0.3) is 0 Å². The van der Waals surface area contributed by atoms with Gasteiger partial charge in [-0.25, -0.2) is 0 Å². The quantitative estimate of drug-likeness (QED) is 0.868. The monoisotopic (exact) mass is 302 g/mol. The fraction of sp³-hybridized carbons (Fsp3) is 0.500. The molecule has 3 rings (SSSR count). The lowest BCUT2D eigenvalue weighted by Crippen LogP contribution is -2.33. The van der Waals surface area contributed by atoms with E-state index in [4.69, 9.17) is 0 Å². The summed E-state index contributed by atoms with van der Waals surface area (Å²) in [6.07, 6.45) is 11.6. The minimum atomic E-state index is 0.506. The van der Waals surface area contributed by atoms with Crippen LogP contribution in [-0.2, 0) is 13.6 Å². The highest BCUT2D eigenvalue weighted by molar-refractivity contribution is 7.10. The van der Waals surface area contributed by atoms with Gasteiger partial charge >= 0.3 is 0 Å². The van der Waals surface area contributed by atoms with Crippen molar-refractivity contribution in [2.45, 2.75) is 38.3 Å². The smallest absolute Gasteiger partial charge is 0.146 e. The molecule has 1 saturated heterocycles. The van der Waals surface area contributed by atoms with E-state index in [-0.39, 0.29) is 0 Å². The van der Waals surface area contributed by atoms with E-state index >= 15 is 0 Å². The van der Waals surface area contributed by atoms with Crippen LogP contribution in [0.3, 0.4) is 0 Å². The number of hydrogen-bond acceptors (Lipinski definition) is 4. The molecule has 0 aromatic carbocycles. The van der Waals surface area contributed by atoms with Crippen LogP contribution in [0.1, 0.15) is 36.4 Å². The molecule has 0 radical (unpaired) electrons. The zero-order chi connectivity index (χ0) is 14.5. The summed E-state index contributed by atoms with van der Waals surface area (Å²) in [5.41, 5.74) is 0. The summed E-state index contributed by atoms with van der Waals surface area (Å²) in [6, 6.07) is 4.78. The van der Waals surface area contributed by atoms with Gasteiger partial charge < -0.3 is 4.57 Å². The molecule has 1 aliphatic rings. The van der Waals surface area contributed by atoms with E-state index in [1.54, 1.807) is 17.7 Å². The molecule has 21 heavy (non-hydrogen) atoms. The summed E-state index contributed by atoms with van der Waals surface area (Å²) in [7, 11) is 2.02. The Labute approximate surface area is 130 Å². The van der Waals surface area contributed by atoms with Crippen molar-refractivity contribution >= 4 is 17.4 Å². The largest absolute Gasteiger partial charge is 0.320 e. The van der Waals surface area contributed by atoms with E-state index in [9.17, 15) is 0 Å². The van der Waals surface area contributed by atoms with Crippen molar-refractivity contribution in [2.24, 2.45) is 7.05 Å². The number of rotatable bonds is 4. The Morgan fingerprint density at radius 1 is 1.38 bits per heavy atom. The van der Waals surface area contributed by atoms with Crippen LogP contribution in [0.2, 0.25) is 0 Å². The summed E-state index contributed by atoms with van der Waals surface area (Å²) >= 11 is 1.79. The van der Waals surface area contributed by atoms with Crippen molar-refractivity contribution in [1.82, 2.24) is 19.7 Å². The normalized spacial score (nSPS) is 20.9. The molecule has 2 aromatic rings. The van der Waals surface area contributed by atoms with Crippen molar-refractivity contribution in [3.8, 4) is 0 Å². The number of likely N-dealkylation sites (tertiary alicyclic amines) is 1. The number of nitrogens with zero attached hydrogens (tertiary/aromatic N) is 4. The Morgan fingerprint density at radius 2 is 2.33 bits per heavy atom. The highest BCUT2D eigenvalue weighted by Gasteiger charge is 2.20. The summed E-state index contributed by atoms with van der Waals surface area (Å²) in [5, 5.41) is 10.4. The molecular formula is C16H22N4S. The van der Waals surface area contributed by atoms with Gasteiger partial charge in [0.05, 0.1) is 6.54 Å². The van der Waals surface area contributed by atoms with E-state index in [1.165, 1.54) is 30.6 Å². The fourth-order valence-electron chi connectivity index (χ4n) is 2.83. The first-order valence-electron chi connectivity index (χ1n) is 7.61. The van der Waals surface area contributed by atoms with Gasteiger partial charge in [0.2, 0.25) is 0 Å². The minimum Gasteiger partial charge on any atom is -0.320 e. The predicted molar refractivity (Wildman–Crippen MR) is 87.0 cm³/mol. The number of thiophene rings is 1. The van der Waals surface area contributed by atoms with Crippen LogP contribution in [0, 0.1) is 0 Å². The Hall–Kier alpha value is -1.46. The average molecular weight is 302 g/mol. The molecule has 0 saturated carbocycles. The molecule has 1 unspecified atom stereocenters. The minimum absolute atomic E-state index is 0.506. The maximum absolute atomic E-state index is 4.23. The van der Waals surface area contributed by atoms with Crippen LogP contribution < -0.4 is 0 Å². The van der Waals surface area contributed by atoms with Crippen LogP contribution in [0.25, 0.3) is 6.08 Å². The third-order valence-electron chi connectivity index (χ3n) is 4.09. The van der Waals surface area contributed by atoms with Crippen LogP contribution in [0.5, 0.6) is 0 Å². The Morgan fingerprint density at radius 3 is 3.10 bits per heavy atom. The van der Waals surface area contributed by atoms with Crippen molar-refractivity contribution < 1.29 is 0 Å². The van der Waals surface area contributed by atoms with Gasteiger partial charge in [-0.2, -0.15) is 0 Å². The molecular weight excluding hydrogens is 280 g/mol. The molecule has 0 amide bonds. The lowest BCUT2D eigenvalue weighted by atomic mass is 10.1. The van der Waals surface area contributed by atoms with Crippen molar-refractivity contribution in [1.29, 1.82) is 0 Å². The molecule has 3 heterocycles. The van der Waals surface area contributed by atoms with Crippen LogP contribution in [0.4, 0.5) is 0 Å². The summed E-state index contributed by atoms with van der Waals surface area (Å²) < 4.78 is 2.02. The first kappa shape index (κ1) is 14.5. The standard InChI is InChI=1S/C16H22N4S/c1-19-13-17-18-16(19)12-20-10-4-2-3-6-14(20)8-9-15-7-5-11-21-15/h5,7-9,11,13-14H,2-4,6,10,12H2,1H3/b9-8+. The second-order valence-corrected chi connectivity index (χ2v) is 6.60. The van der Waals surface area contributed by atoms with Crippen molar-refractivity contribution in [3.63, 3.8) is 0 Å². The number of hydrogen-bond donors (Lipinski definition) is 0. The third-order valence-corrected chi connectivity index (χ3v) is 4.93. The predicted octanol–water partition coefficient (Wildman–Crippen LogP) is 3.33. The zero-order valence-corrected chi connectivity index (χ0v) is 13.3. The first-order valence-corrected chi connectivity index (χ1v) is 8.49. The molecule has 0 aliphatic carbocycles. The zero-order valence-electron chi connectivity index (χ0n) is 12.5. The SMILES string of the molecule is Cn1cnnc1CN1CCCCCC1/C=C/c1cccs1. The Kier molecular flexibility index (Phi) is 4.83. The van der Waals surface area contributed by atoms with Crippen LogP contribution in [-0.4, -0.2) is 32.3 Å². The Balaban J connectivity index is 1.72. The van der Waals surface area contributed by atoms with E-state index in [0.717, 1.165) is 18.9 Å². The van der Waals surface area contributed by atoms with Crippen LogP contribution in [0.15, 0.2) is 29.9 Å². The van der Waals surface area contributed by atoms with E-state index < -0.39 is 0 Å². The molecule has 4 nitrogen and oxygen atoms in total. The number of aryl methyl sites for hydroxylation is 1. The molecule has 1 aliphatic heterocycles. The maximum atomic E-state index is 4.23. The molecule has 1 fully saturated rings. The van der Waals surface area contributed by atoms with Gasteiger partial charge in [-0.3, -0.25) is 4.90 Å². The van der Waals surface area contributed by atoms with Gasteiger partial charge in [-0.15, -0.1) is 21.5 Å². The molecule has 0 N–H and O–H groups in total. The van der Waals surface area contributed by atoms with Gasteiger partial charge in [-0.1, -0.05) is 25.0 Å². The molecule has 112 valence electrons. The fourth-order valence-corrected chi connectivity index (χ4v) is 3.46. The van der Waals surface area contributed by atoms with Gasteiger partial charge in [-0.05, 0) is 36.9 Å². The van der Waals surface area contributed by atoms with Crippen molar-refractivity contribution in [3.05, 3.63) is 40.6 Å². The maximum Gasteiger partial charge on any atom is 0.146 e. The summed E-state index contributed by atoms with van der Waals surface area (Å²) in [4.78, 5) is 3.87. The second-order valence-electron chi connectivity index (χ2n) is 5.62. The van der Waals surface area contributed by atoms with Gasteiger partial charge in [0.15, 0.2) is 0 Å². The van der Waals surface area contributed by atoms with Crippen molar-refractivity contribution in [2.75, 3.05) is 6.54 Å². The van der Waals surface area contributed by atoms with Gasteiger partial charge in [0.1, 0.15) is 12.2 Å². The molecule has 2 aromatic heterocycles. The third kappa shape index (κ3) is 3.80. The van der Waals surface area contributed by atoms with Gasteiger partial charge in [0, 0.05) is 18.0 Å². The van der Waals surface area contributed by atoms with E-state index in [0.29, 0.717) is 6.04 Å². The highest BCUT2D eigenvalue weighted by atomic mass is 32.1. The molecule has 0 spiro atoms. The lowest BCUT2D eigenvalue weighted by Gasteiger charge is -2.27. The topological polar surface area (TPSA) is 34.0 Å².